The summed E-state index contributed by atoms with van der Waals surface area (Å²) in [5, 5.41) is 2.80. The van der Waals surface area contributed by atoms with Crippen molar-refractivity contribution in [3.8, 4) is 5.75 Å². The van der Waals surface area contributed by atoms with Gasteiger partial charge in [0.25, 0.3) is 5.91 Å². The molecule has 94 valence electrons. The molecule has 0 saturated heterocycles. The van der Waals surface area contributed by atoms with Crippen LogP contribution in [0.2, 0.25) is 0 Å². The van der Waals surface area contributed by atoms with Gasteiger partial charge in [-0.3, -0.25) is 4.79 Å². The van der Waals surface area contributed by atoms with E-state index >= 15 is 0 Å². The number of H-pyrrole nitrogens is 1. The summed E-state index contributed by atoms with van der Waals surface area (Å²) < 4.78 is 5.06. The summed E-state index contributed by atoms with van der Waals surface area (Å²) in [6, 6.07) is 9.12. The molecule has 1 heterocycles. The van der Waals surface area contributed by atoms with Gasteiger partial charge in [0.15, 0.2) is 0 Å². The second-order valence-corrected chi connectivity index (χ2v) is 3.88. The molecule has 0 unspecified atom stereocenters. The zero-order chi connectivity index (χ0) is 13.0. The number of hydrogen-bond donors (Lipinski definition) is 3. The maximum atomic E-state index is 11.7. The normalized spacial score (nSPS) is 10.1. The van der Waals surface area contributed by atoms with Crippen LogP contribution in [-0.2, 0) is 6.54 Å². The number of carbonyl (C=O) groups is 1. The number of aromatic amines is 1. The van der Waals surface area contributed by atoms with Crippen molar-refractivity contribution in [2.24, 2.45) is 0 Å². The highest BCUT2D eigenvalue weighted by molar-refractivity contribution is 5.93. The lowest BCUT2D eigenvalue weighted by Gasteiger charge is -2.05. The lowest BCUT2D eigenvalue weighted by molar-refractivity contribution is 0.0946. The molecule has 1 aromatic heterocycles. The molecule has 5 heteroatoms. The molecule has 2 aromatic rings. The molecule has 0 aliphatic heterocycles. The maximum Gasteiger partial charge on any atom is 0.268 e. The molecule has 2 rings (SSSR count). The Kier molecular flexibility index (Phi) is 3.52. The minimum absolute atomic E-state index is 0.178. The predicted molar refractivity (Wildman–Crippen MR) is 69.4 cm³/mol. The molecule has 0 radical (unpaired) electrons. The quantitative estimate of drug-likeness (QED) is 0.764. The first kappa shape index (κ1) is 12.0. The van der Waals surface area contributed by atoms with Crippen molar-refractivity contribution in [2.45, 2.75) is 6.54 Å². The Hall–Kier alpha value is -2.43. The number of aromatic nitrogens is 1. The smallest absolute Gasteiger partial charge is 0.268 e. The number of amides is 1. The van der Waals surface area contributed by atoms with Crippen LogP contribution in [0.4, 0.5) is 5.69 Å². The van der Waals surface area contributed by atoms with Crippen molar-refractivity contribution in [1.82, 2.24) is 10.3 Å². The van der Waals surface area contributed by atoms with Crippen LogP contribution >= 0.6 is 0 Å². The van der Waals surface area contributed by atoms with Gasteiger partial charge in [-0.05, 0) is 23.8 Å². The number of nitrogens with two attached hydrogens (primary N) is 1. The van der Waals surface area contributed by atoms with Gasteiger partial charge in [0.2, 0.25) is 0 Å². The number of nitrogen functional groups attached to an aromatic ring is 1. The van der Waals surface area contributed by atoms with E-state index in [0.717, 1.165) is 11.3 Å². The third-order valence-electron chi connectivity index (χ3n) is 2.56. The van der Waals surface area contributed by atoms with E-state index in [2.05, 4.69) is 10.3 Å². The first-order valence-electron chi connectivity index (χ1n) is 5.54. The summed E-state index contributed by atoms with van der Waals surface area (Å²) in [5.74, 6) is 0.615. The van der Waals surface area contributed by atoms with Gasteiger partial charge in [-0.2, -0.15) is 0 Å². The Morgan fingerprint density at radius 3 is 2.67 bits per heavy atom. The number of ether oxygens (including phenoxy) is 1. The van der Waals surface area contributed by atoms with Crippen molar-refractivity contribution < 1.29 is 9.53 Å². The molecule has 0 saturated carbocycles. The van der Waals surface area contributed by atoms with Crippen LogP contribution in [0.25, 0.3) is 0 Å². The van der Waals surface area contributed by atoms with Gasteiger partial charge in [-0.15, -0.1) is 0 Å². The van der Waals surface area contributed by atoms with Crippen LogP contribution in [0.15, 0.2) is 36.5 Å². The van der Waals surface area contributed by atoms with Crippen LogP contribution in [0, 0.1) is 0 Å². The van der Waals surface area contributed by atoms with E-state index in [-0.39, 0.29) is 5.91 Å². The minimum Gasteiger partial charge on any atom is -0.497 e. The number of benzene rings is 1. The zero-order valence-corrected chi connectivity index (χ0v) is 10.1. The average molecular weight is 245 g/mol. The molecule has 1 amide bonds. The van der Waals surface area contributed by atoms with E-state index in [1.165, 1.54) is 0 Å². The second kappa shape index (κ2) is 5.27. The standard InChI is InChI=1S/C13H15N3O2/c1-18-11-4-2-9(3-5-11)7-16-13(17)12-6-10(14)8-15-12/h2-6,8,15H,7,14H2,1H3,(H,16,17). The number of rotatable bonds is 4. The summed E-state index contributed by atoms with van der Waals surface area (Å²) in [4.78, 5) is 14.5. The van der Waals surface area contributed by atoms with Gasteiger partial charge in [0, 0.05) is 18.4 Å². The van der Waals surface area contributed by atoms with E-state index in [9.17, 15) is 4.79 Å². The molecule has 0 fully saturated rings. The van der Waals surface area contributed by atoms with Crippen LogP contribution in [-0.4, -0.2) is 18.0 Å². The van der Waals surface area contributed by atoms with Gasteiger partial charge in [-0.1, -0.05) is 12.1 Å². The Morgan fingerprint density at radius 1 is 1.39 bits per heavy atom. The van der Waals surface area contributed by atoms with Gasteiger partial charge in [-0.25, -0.2) is 0 Å². The molecular weight excluding hydrogens is 230 g/mol. The van der Waals surface area contributed by atoms with Gasteiger partial charge >= 0.3 is 0 Å². The number of hydrogen-bond acceptors (Lipinski definition) is 3. The minimum atomic E-state index is -0.178. The van der Waals surface area contributed by atoms with E-state index in [1.54, 1.807) is 19.4 Å². The molecule has 0 aliphatic carbocycles. The topological polar surface area (TPSA) is 80.1 Å². The number of nitrogens with one attached hydrogen (secondary N) is 2. The van der Waals surface area contributed by atoms with Gasteiger partial charge in [0.05, 0.1) is 7.11 Å². The van der Waals surface area contributed by atoms with Gasteiger partial charge < -0.3 is 20.8 Å². The molecule has 0 aliphatic rings. The summed E-state index contributed by atoms with van der Waals surface area (Å²) in [5.41, 5.74) is 7.54. The highest BCUT2D eigenvalue weighted by Crippen LogP contribution is 2.11. The highest BCUT2D eigenvalue weighted by atomic mass is 16.5. The number of carbonyl (C=O) groups excluding carboxylic acids is 1. The van der Waals surface area contributed by atoms with E-state index in [0.29, 0.717) is 17.9 Å². The number of anilines is 1. The summed E-state index contributed by atoms with van der Waals surface area (Å²) in [7, 11) is 1.62. The van der Waals surface area contributed by atoms with Crippen molar-refractivity contribution in [3.05, 3.63) is 47.8 Å². The molecule has 0 atom stereocenters. The Morgan fingerprint density at radius 2 is 2.11 bits per heavy atom. The SMILES string of the molecule is COc1ccc(CNC(=O)c2cc(N)c[nH]2)cc1. The van der Waals surface area contributed by atoms with Crippen LogP contribution in [0.3, 0.4) is 0 Å². The summed E-state index contributed by atoms with van der Waals surface area (Å²) >= 11 is 0. The van der Waals surface area contributed by atoms with Crippen LogP contribution < -0.4 is 15.8 Å². The Balaban J connectivity index is 1.92. The van der Waals surface area contributed by atoms with E-state index < -0.39 is 0 Å². The fourth-order valence-electron chi connectivity index (χ4n) is 1.56. The Bertz CT molecular complexity index is 531. The largest absolute Gasteiger partial charge is 0.497 e. The first-order chi connectivity index (χ1) is 8.69. The van der Waals surface area contributed by atoms with E-state index in [1.807, 2.05) is 24.3 Å². The fraction of sp³-hybridized carbons (Fsp3) is 0.154. The summed E-state index contributed by atoms with van der Waals surface area (Å²) in [6.45, 7) is 0.460. The zero-order valence-electron chi connectivity index (χ0n) is 10.1. The molecule has 18 heavy (non-hydrogen) atoms. The van der Waals surface area contributed by atoms with Crippen molar-refractivity contribution in [3.63, 3.8) is 0 Å². The molecule has 5 nitrogen and oxygen atoms in total. The molecular formula is C13H15N3O2. The second-order valence-electron chi connectivity index (χ2n) is 3.88. The van der Waals surface area contributed by atoms with Crippen LogP contribution in [0.1, 0.15) is 16.1 Å². The fourth-order valence-corrected chi connectivity index (χ4v) is 1.56. The molecule has 0 bridgehead atoms. The monoisotopic (exact) mass is 245 g/mol. The lowest BCUT2D eigenvalue weighted by Crippen LogP contribution is -2.22. The van der Waals surface area contributed by atoms with Crippen molar-refractivity contribution in [2.75, 3.05) is 12.8 Å². The van der Waals surface area contributed by atoms with E-state index in [4.69, 9.17) is 10.5 Å². The molecule has 1 aromatic carbocycles. The van der Waals surface area contributed by atoms with Crippen molar-refractivity contribution in [1.29, 1.82) is 0 Å². The average Bonchev–Trinajstić information content (AvgIpc) is 2.83. The molecule has 4 N–H and O–H groups in total. The first-order valence-corrected chi connectivity index (χ1v) is 5.54. The molecule has 0 spiro atoms. The predicted octanol–water partition coefficient (Wildman–Crippen LogP) is 1.54. The third-order valence-corrected chi connectivity index (χ3v) is 2.56. The summed E-state index contributed by atoms with van der Waals surface area (Å²) in [6.07, 6.45) is 1.59. The number of methoxy groups -OCH3 is 1. The maximum absolute atomic E-state index is 11.7. The Labute approximate surface area is 105 Å². The van der Waals surface area contributed by atoms with Crippen LogP contribution in [0.5, 0.6) is 5.75 Å². The third kappa shape index (κ3) is 2.82. The van der Waals surface area contributed by atoms with Gasteiger partial charge in [0.1, 0.15) is 11.4 Å². The highest BCUT2D eigenvalue weighted by Gasteiger charge is 2.06. The van der Waals surface area contributed by atoms with Crippen molar-refractivity contribution >= 4 is 11.6 Å². The lowest BCUT2D eigenvalue weighted by atomic mass is 10.2.